The first-order chi connectivity index (χ1) is 13.7. The third-order valence-corrected chi connectivity index (χ3v) is 5.71. The largest absolute Gasteiger partial charge is 0.354 e. The summed E-state index contributed by atoms with van der Waals surface area (Å²) in [6.07, 6.45) is 0. The second-order valence-corrected chi connectivity index (χ2v) is 7.82. The zero-order valence-electron chi connectivity index (χ0n) is 15.7. The van der Waals surface area contributed by atoms with E-state index in [0.717, 1.165) is 22.3 Å². The van der Waals surface area contributed by atoms with Crippen molar-refractivity contribution in [2.75, 3.05) is 0 Å². The van der Waals surface area contributed by atoms with Gasteiger partial charge in [-0.15, -0.1) is 0 Å². The van der Waals surface area contributed by atoms with Crippen molar-refractivity contribution in [2.24, 2.45) is 0 Å². The fraction of sp³-hybridized carbons (Fsp3) is 0.0385. The molecule has 4 aromatic carbocycles. The molecule has 0 bridgehead atoms. The van der Waals surface area contributed by atoms with Crippen molar-refractivity contribution in [3.63, 3.8) is 0 Å². The standard InChI is InChI=1S/C26H20OS/c1-19-14-16-23(17-15-19)28-25-13-6-5-12-24(25)21-10-7-11-22(18-21)26(27)20-8-3-2-4-9-20/h2-18H,1H3/p+1. The highest BCUT2D eigenvalue weighted by atomic mass is 32.2. The summed E-state index contributed by atoms with van der Waals surface area (Å²) in [5.74, 6) is 0.297. The first-order valence-electron chi connectivity index (χ1n) is 9.26. The average molecular weight is 382 g/mol. The van der Waals surface area contributed by atoms with Gasteiger partial charge < -0.3 is 0 Å². The van der Waals surface area contributed by atoms with Crippen molar-refractivity contribution in [2.45, 2.75) is 16.7 Å². The highest BCUT2D eigenvalue weighted by Crippen LogP contribution is 2.36. The topological polar surface area (TPSA) is 21.4 Å². The lowest BCUT2D eigenvalue weighted by Gasteiger charge is -2.10. The summed E-state index contributed by atoms with van der Waals surface area (Å²) in [4.78, 5) is 13.1. The van der Waals surface area contributed by atoms with Crippen molar-refractivity contribution >= 4 is 17.5 Å². The molecule has 4 rings (SSSR count). The van der Waals surface area contributed by atoms with Gasteiger partial charge >= 0.3 is 5.78 Å². The van der Waals surface area contributed by atoms with E-state index in [4.69, 9.17) is 0 Å². The highest BCUT2D eigenvalue weighted by Gasteiger charge is 2.16. The van der Waals surface area contributed by atoms with Crippen LogP contribution >= 0.6 is 11.8 Å². The van der Waals surface area contributed by atoms with E-state index in [0.29, 0.717) is 5.78 Å². The minimum absolute atomic E-state index is 0.297. The molecule has 1 nitrogen and oxygen atoms in total. The predicted octanol–water partition coefficient (Wildman–Crippen LogP) is 6.75. The maximum Gasteiger partial charge on any atom is 0.354 e. The van der Waals surface area contributed by atoms with Crippen LogP contribution in [0, 0.1) is 6.92 Å². The maximum absolute atomic E-state index is 10.7. The van der Waals surface area contributed by atoms with Crippen LogP contribution in [0.15, 0.2) is 113 Å². The van der Waals surface area contributed by atoms with E-state index in [-0.39, 0.29) is 0 Å². The van der Waals surface area contributed by atoms with Crippen molar-refractivity contribution in [3.05, 3.63) is 120 Å². The summed E-state index contributed by atoms with van der Waals surface area (Å²) in [6.45, 7) is 2.10. The van der Waals surface area contributed by atoms with E-state index < -0.39 is 0 Å². The van der Waals surface area contributed by atoms with E-state index in [1.807, 2.05) is 42.5 Å². The number of carbonyl (C=O) groups excluding carboxylic acids is 1. The third-order valence-electron chi connectivity index (χ3n) is 4.63. The Bertz CT molecular complexity index is 1100. The molecule has 136 valence electrons. The Balaban J connectivity index is 1.68. The van der Waals surface area contributed by atoms with E-state index in [9.17, 15) is 4.79 Å². The average Bonchev–Trinajstić information content (AvgIpc) is 2.76. The molecule has 0 aromatic heterocycles. The van der Waals surface area contributed by atoms with Crippen molar-refractivity contribution < 1.29 is 4.79 Å². The van der Waals surface area contributed by atoms with E-state index in [1.165, 1.54) is 15.4 Å². The van der Waals surface area contributed by atoms with Crippen LogP contribution in [-0.4, -0.2) is 10.6 Å². The van der Waals surface area contributed by atoms with Gasteiger partial charge in [0.15, 0.2) is 0 Å². The van der Waals surface area contributed by atoms with E-state index in [2.05, 4.69) is 67.6 Å². The smallest absolute Gasteiger partial charge is 0.273 e. The van der Waals surface area contributed by atoms with Gasteiger partial charge in [-0.1, -0.05) is 78.0 Å². The van der Waals surface area contributed by atoms with Crippen molar-refractivity contribution in [3.8, 4) is 11.1 Å². The van der Waals surface area contributed by atoms with Crippen LogP contribution in [0.25, 0.3) is 11.1 Å². The van der Waals surface area contributed by atoms with Gasteiger partial charge in [0.25, 0.3) is 0 Å². The van der Waals surface area contributed by atoms with Crippen LogP contribution < -0.4 is 0 Å². The lowest BCUT2D eigenvalue weighted by molar-refractivity contribution is 0.679. The first-order valence-corrected chi connectivity index (χ1v) is 10.1. The molecule has 0 aliphatic carbocycles. The molecule has 0 atom stereocenters. The quantitative estimate of drug-likeness (QED) is 0.276. The normalized spacial score (nSPS) is 10.6. The lowest BCUT2D eigenvalue weighted by atomic mass is 9.98. The molecular formula is C26H21OS+. The zero-order chi connectivity index (χ0) is 19.3. The highest BCUT2D eigenvalue weighted by molar-refractivity contribution is 7.99. The first kappa shape index (κ1) is 18.3. The molecule has 0 spiro atoms. The summed E-state index contributed by atoms with van der Waals surface area (Å²) in [5.41, 5.74) is 5.16. The van der Waals surface area contributed by atoms with Crippen LogP contribution in [0.2, 0.25) is 0 Å². The number of benzene rings is 4. The maximum atomic E-state index is 10.7. The molecule has 0 aliphatic rings. The molecule has 0 amide bonds. The van der Waals surface area contributed by atoms with Gasteiger partial charge in [0.05, 0.1) is 11.1 Å². The third kappa shape index (κ3) is 4.08. The molecule has 0 saturated heterocycles. The summed E-state index contributed by atoms with van der Waals surface area (Å²) in [6, 6.07) is 34.7. The molecule has 28 heavy (non-hydrogen) atoms. The molecule has 0 saturated carbocycles. The van der Waals surface area contributed by atoms with Gasteiger partial charge in [0.2, 0.25) is 0 Å². The molecule has 0 fully saturated rings. The second kappa shape index (κ2) is 8.28. The van der Waals surface area contributed by atoms with Gasteiger partial charge in [-0.25, -0.2) is 0 Å². The van der Waals surface area contributed by atoms with Crippen LogP contribution in [-0.2, 0) is 0 Å². The molecule has 4 aromatic rings. The lowest BCUT2D eigenvalue weighted by Crippen LogP contribution is -2.02. The number of aryl methyl sites for hydroxylation is 1. The number of rotatable bonds is 5. The second-order valence-electron chi connectivity index (χ2n) is 6.71. The van der Waals surface area contributed by atoms with Gasteiger partial charge in [0, 0.05) is 9.79 Å². The molecule has 0 heterocycles. The number of hydrogen-bond acceptors (Lipinski definition) is 1. The Morgan fingerprint density at radius 3 is 2.14 bits per heavy atom. The zero-order valence-corrected chi connectivity index (χ0v) is 16.5. The van der Waals surface area contributed by atoms with Crippen molar-refractivity contribution in [1.29, 1.82) is 0 Å². The fourth-order valence-electron chi connectivity index (χ4n) is 3.12. The monoisotopic (exact) mass is 381 g/mol. The minimum Gasteiger partial charge on any atom is -0.273 e. The summed E-state index contributed by atoms with van der Waals surface area (Å²) in [7, 11) is 0. The van der Waals surface area contributed by atoms with Gasteiger partial charge in [-0.2, -0.15) is 0 Å². The van der Waals surface area contributed by atoms with Gasteiger partial charge in [0.1, 0.15) is 0 Å². The Hall–Kier alpha value is -3.10. The molecule has 1 N–H and O–H groups in total. The van der Waals surface area contributed by atoms with Crippen LogP contribution in [0.4, 0.5) is 0 Å². The molecular weight excluding hydrogens is 360 g/mol. The number of ketones is 1. The fourth-order valence-corrected chi connectivity index (χ4v) is 4.09. The van der Waals surface area contributed by atoms with Crippen molar-refractivity contribution in [1.82, 2.24) is 0 Å². The Morgan fingerprint density at radius 1 is 0.679 bits per heavy atom. The van der Waals surface area contributed by atoms with Crippen LogP contribution in [0.1, 0.15) is 16.7 Å². The summed E-state index contributed by atoms with van der Waals surface area (Å²) >= 11 is 1.76. The Kier molecular flexibility index (Phi) is 5.41. The minimum atomic E-state index is 0.297. The van der Waals surface area contributed by atoms with Crippen LogP contribution in [0.5, 0.6) is 0 Å². The summed E-state index contributed by atoms with van der Waals surface area (Å²) in [5, 5.41) is 0. The Morgan fingerprint density at radius 2 is 1.36 bits per heavy atom. The van der Waals surface area contributed by atoms with Gasteiger partial charge in [-0.05, 0) is 60.5 Å². The molecule has 0 radical (unpaired) electrons. The Labute approximate surface area is 170 Å². The molecule has 0 aliphatic heterocycles. The molecule has 2 heteroatoms. The van der Waals surface area contributed by atoms with Gasteiger partial charge in [-0.3, -0.25) is 4.79 Å². The van der Waals surface area contributed by atoms with E-state index >= 15 is 0 Å². The van der Waals surface area contributed by atoms with E-state index in [1.54, 1.807) is 11.8 Å². The summed E-state index contributed by atoms with van der Waals surface area (Å²) < 4.78 is 0. The molecule has 0 unspecified atom stereocenters. The van der Waals surface area contributed by atoms with Crippen LogP contribution in [0.3, 0.4) is 0 Å². The predicted molar refractivity (Wildman–Crippen MR) is 119 cm³/mol. The SMILES string of the molecule is Cc1ccc(Sc2ccccc2-c2cccc(C(=[OH+])c3ccccc3)c2)cc1. The number of hydrogen-bond donors (Lipinski definition) is 0.